The van der Waals surface area contributed by atoms with Gasteiger partial charge in [0.05, 0.1) is 6.10 Å². The van der Waals surface area contributed by atoms with E-state index in [1.165, 1.54) is 0 Å². The van der Waals surface area contributed by atoms with Crippen LogP contribution in [-0.2, 0) is 4.79 Å². The summed E-state index contributed by atoms with van der Waals surface area (Å²) in [5.74, 6) is 0.241. The molecule has 0 spiro atoms. The second-order valence-electron chi connectivity index (χ2n) is 4.84. The fourth-order valence-electron chi connectivity index (χ4n) is 1.86. The van der Waals surface area contributed by atoms with Gasteiger partial charge < -0.3 is 15.8 Å². The Morgan fingerprint density at radius 1 is 1.52 bits per heavy atom. The van der Waals surface area contributed by atoms with Crippen molar-refractivity contribution in [2.45, 2.75) is 32.4 Å². The average Bonchev–Trinajstić information content (AvgIpc) is 2.42. The number of carbonyl (C=O) groups excluding carboxylic acids is 1. The van der Waals surface area contributed by atoms with Gasteiger partial charge in [-0.25, -0.2) is 0 Å². The number of amides is 1. The van der Waals surface area contributed by atoms with Crippen LogP contribution in [0.25, 0.3) is 10.4 Å². The molecule has 1 amide bonds. The fourth-order valence-corrected chi connectivity index (χ4v) is 1.86. The molecule has 0 saturated heterocycles. The van der Waals surface area contributed by atoms with Gasteiger partial charge in [0.15, 0.2) is 0 Å². The van der Waals surface area contributed by atoms with Gasteiger partial charge in [0.1, 0.15) is 11.8 Å². The quantitative estimate of drug-likeness (QED) is 0.315. The molecule has 0 aliphatic rings. The molecule has 1 aromatic carbocycles. The Hall–Kier alpha value is -2.24. The van der Waals surface area contributed by atoms with Gasteiger partial charge in [0, 0.05) is 11.5 Å². The van der Waals surface area contributed by atoms with Gasteiger partial charge in [-0.1, -0.05) is 17.2 Å². The van der Waals surface area contributed by atoms with Crippen LogP contribution in [0, 0.1) is 0 Å². The predicted molar refractivity (Wildman–Crippen MR) is 80.8 cm³/mol. The summed E-state index contributed by atoms with van der Waals surface area (Å²) < 4.78 is 5.61. The molecule has 0 aliphatic heterocycles. The van der Waals surface area contributed by atoms with E-state index in [-0.39, 0.29) is 6.10 Å². The summed E-state index contributed by atoms with van der Waals surface area (Å²) in [7, 11) is 0. The zero-order valence-electron chi connectivity index (χ0n) is 12.3. The molecular formula is C14H21N5O2. The van der Waals surface area contributed by atoms with Crippen LogP contribution in [0.1, 0.15) is 31.9 Å². The molecule has 0 radical (unpaired) electrons. The highest BCUT2D eigenvalue weighted by Gasteiger charge is 2.17. The van der Waals surface area contributed by atoms with E-state index >= 15 is 0 Å². The Kier molecular flexibility index (Phi) is 7.08. The van der Waals surface area contributed by atoms with E-state index in [1.807, 2.05) is 32.0 Å². The van der Waals surface area contributed by atoms with Crippen LogP contribution in [0.4, 0.5) is 0 Å². The van der Waals surface area contributed by atoms with Crippen LogP contribution in [0.3, 0.4) is 0 Å². The monoisotopic (exact) mass is 291 g/mol. The average molecular weight is 291 g/mol. The van der Waals surface area contributed by atoms with E-state index < -0.39 is 11.9 Å². The van der Waals surface area contributed by atoms with Crippen molar-refractivity contribution >= 4 is 5.91 Å². The van der Waals surface area contributed by atoms with Crippen LogP contribution in [0.15, 0.2) is 29.4 Å². The minimum Gasteiger partial charge on any atom is -0.491 e. The molecule has 1 atom stereocenters. The van der Waals surface area contributed by atoms with Crippen molar-refractivity contribution in [3.63, 3.8) is 0 Å². The van der Waals surface area contributed by atoms with E-state index in [0.717, 1.165) is 5.56 Å². The van der Waals surface area contributed by atoms with E-state index in [2.05, 4.69) is 15.3 Å². The first kappa shape index (κ1) is 16.8. The van der Waals surface area contributed by atoms with Gasteiger partial charge in [-0.2, -0.15) is 0 Å². The summed E-state index contributed by atoms with van der Waals surface area (Å²) in [5.41, 5.74) is 14.4. The first-order valence-corrected chi connectivity index (χ1v) is 6.84. The van der Waals surface area contributed by atoms with Crippen molar-refractivity contribution in [1.82, 2.24) is 5.32 Å². The molecule has 3 N–H and O–H groups in total. The molecule has 114 valence electrons. The molecule has 7 heteroatoms. The van der Waals surface area contributed by atoms with Gasteiger partial charge in [-0.3, -0.25) is 4.79 Å². The molecule has 0 aliphatic carbocycles. The van der Waals surface area contributed by atoms with Crippen LogP contribution < -0.4 is 15.8 Å². The molecule has 0 fully saturated rings. The largest absolute Gasteiger partial charge is 0.491 e. The fraction of sp³-hybridized carbons (Fsp3) is 0.500. The highest BCUT2D eigenvalue weighted by Crippen LogP contribution is 2.20. The highest BCUT2D eigenvalue weighted by molar-refractivity contribution is 5.81. The zero-order valence-corrected chi connectivity index (χ0v) is 12.3. The lowest BCUT2D eigenvalue weighted by Crippen LogP contribution is -2.34. The van der Waals surface area contributed by atoms with E-state index in [4.69, 9.17) is 16.0 Å². The zero-order chi connectivity index (χ0) is 15.7. The minimum absolute atomic E-state index is 0.0593. The number of hydrogen-bond acceptors (Lipinski definition) is 4. The third-order valence-corrected chi connectivity index (χ3v) is 2.69. The number of hydrogen-bond donors (Lipinski definition) is 2. The first-order valence-electron chi connectivity index (χ1n) is 6.84. The number of primary amides is 1. The van der Waals surface area contributed by atoms with Gasteiger partial charge in [-0.15, -0.1) is 0 Å². The number of nitrogens with two attached hydrogens (primary N) is 1. The number of azide groups is 1. The summed E-state index contributed by atoms with van der Waals surface area (Å²) in [6.07, 6.45) is 0.694. The van der Waals surface area contributed by atoms with E-state index in [1.54, 1.807) is 6.07 Å². The summed E-state index contributed by atoms with van der Waals surface area (Å²) in [5, 5.41) is 6.50. The Morgan fingerprint density at radius 3 is 2.90 bits per heavy atom. The van der Waals surface area contributed by atoms with Crippen molar-refractivity contribution in [1.29, 1.82) is 0 Å². The number of rotatable bonds is 9. The maximum Gasteiger partial charge on any atom is 0.239 e. The lowest BCUT2D eigenvalue weighted by atomic mass is 10.1. The third-order valence-electron chi connectivity index (χ3n) is 2.69. The molecular weight excluding hydrogens is 270 g/mol. The van der Waals surface area contributed by atoms with E-state index in [0.29, 0.717) is 25.3 Å². The molecule has 0 aromatic heterocycles. The van der Waals surface area contributed by atoms with Crippen LogP contribution in [0.2, 0.25) is 0 Å². The summed E-state index contributed by atoms with van der Waals surface area (Å²) >= 11 is 0. The molecule has 7 nitrogen and oxygen atoms in total. The molecule has 21 heavy (non-hydrogen) atoms. The number of carbonyl (C=O) groups is 1. The van der Waals surface area contributed by atoms with Gasteiger partial charge in [0.2, 0.25) is 5.91 Å². The molecule has 1 unspecified atom stereocenters. The number of benzene rings is 1. The van der Waals surface area contributed by atoms with Crippen molar-refractivity contribution in [3.8, 4) is 5.75 Å². The van der Waals surface area contributed by atoms with Crippen LogP contribution >= 0.6 is 0 Å². The summed E-state index contributed by atoms with van der Waals surface area (Å²) in [6.45, 7) is 4.78. The lowest BCUT2D eigenvalue weighted by molar-refractivity contribution is -0.120. The van der Waals surface area contributed by atoms with Crippen molar-refractivity contribution in [2.75, 3.05) is 13.1 Å². The van der Waals surface area contributed by atoms with Gasteiger partial charge >= 0.3 is 0 Å². The standard InChI is InChI=1S/C14H21N5O2/c1-10(2)21-12-6-3-5-11(9-12)13(14(15)20)17-7-4-8-18-19-16/h3,5-6,9-10,13,17H,4,7-8H2,1-2H3,(H2,15,20). The SMILES string of the molecule is CC(C)Oc1cccc(C(NCCCN=[N+]=[N-])C(N)=O)c1. The third kappa shape index (κ3) is 6.16. The van der Waals surface area contributed by atoms with Gasteiger partial charge in [-0.05, 0) is 50.0 Å². The second kappa shape index (κ2) is 8.84. The smallest absolute Gasteiger partial charge is 0.239 e. The Morgan fingerprint density at radius 2 is 2.29 bits per heavy atom. The second-order valence-corrected chi connectivity index (χ2v) is 4.84. The van der Waals surface area contributed by atoms with Crippen LogP contribution in [-0.4, -0.2) is 25.1 Å². The minimum atomic E-state index is -0.591. The molecule has 1 rings (SSSR count). The molecule has 1 aromatic rings. The predicted octanol–water partition coefficient (Wildman–Crippen LogP) is 2.29. The topological polar surface area (TPSA) is 113 Å². The maximum atomic E-state index is 11.6. The normalized spacial score (nSPS) is 11.8. The molecule has 0 heterocycles. The van der Waals surface area contributed by atoms with Crippen molar-refractivity contribution in [3.05, 3.63) is 40.3 Å². The highest BCUT2D eigenvalue weighted by atomic mass is 16.5. The summed E-state index contributed by atoms with van der Waals surface area (Å²) in [4.78, 5) is 14.3. The number of nitrogens with one attached hydrogen (secondary N) is 1. The number of ether oxygens (including phenoxy) is 1. The Balaban J connectivity index is 2.71. The Labute approximate surface area is 124 Å². The van der Waals surface area contributed by atoms with Crippen LogP contribution in [0.5, 0.6) is 5.75 Å². The number of nitrogens with zero attached hydrogens (tertiary/aromatic N) is 3. The van der Waals surface area contributed by atoms with E-state index in [9.17, 15) is 4.79 Å². The van der Waals surface area contributed by atoms with Gasteiger partial charge in [0.25, 0.3) is 0 Å². The maximum absolute atomic E-state index is 11.6. The first-order chi connectivity index (χ1) is 10.0. The summed E-state index contributed by atoms with van der Waals surface area (Å²) in [6, 6.07) is 6.69. The van der Waals surface area contributed by atoms with Crippen molar-refractivity contribution < 1.29 is 9.53 Å². The molecule has 0 bridgehead atoms. The van der Waals surface area contributed by atoms with Crippen molar-refractivity contribution in [2.24, 2.45) is 10.8 Å². The molecule has 0 saturated carbocycles. The Bertz CT molecular complexity index is 512. The lowest BCUT2D eigenvalue weighted by Gasteiger charge is -2.17.